The molecule has 0 amide bonds. The topological polar surface area (TPSA) is 124 Å². The van der Waals surface area contributed by atoms with Crippen molar-refractivity contribution in [2.24, 2.45) is 0 Å². The van der Waals surface area contributed by atoms with Gasteiger partial charge in [0, 0.05) is 0 Å². The van der Waals surface area contributed by atoms with E-state index < -0.39 is 30.0 Å². The van der Waals surface area contributed by atoms with Crippen LogP contribution in [0.3, 0.4) is 0 Å². The molecule has 0 aliphatic heterocycles. The molecule has 0 saturated heterocycles. The summed E-state index contributed by atoms with van der Waals surface area (Å²) in [6.07, 6.45) is 0. The third kappa shape index (κ3) is 6.03. The van der Waals surface area contributed by atoms with E-state index >= 15 is 0 Å². The Morgan fingerprint density at radius 2 is 1.04 bits per heavy atom. The standard InChI is InChI=1S/C14H14O7S2.2Na/c1-9-5-3-7-11(22(15,16)17)13(9)21-14-10(2)6-4-8-12(14)23(18,19)20;;/h3-8H,1-2H3,(H,15,16,17)(H,18,19,20);;/q;2*+1/p-2. The molecule has 0 atom stereocenters. The summed E-state index contributed by atoms with van der Waals surface area (Å²) in [7, 11) is -9.68. The van der Waals surface area contributed by atoms with Crippen LogP contribution in [0.1, 0.15) is 11.1 Å². The van der Waals surface area contributed by atoms with Crippen molar-refractivity contribution >= 4 is 20.2 Å². The Labute approximate surface area is 190 Å². The number of benzene rings is 2. The number of aryl methyl sites for hydroxylation is 2. The van der Waals surface area contributed by atoms with Crippen LogP contribution in [-0.4, -0.2) is 25.9 Å². The molecule has 0 N–H and O–H groups in total. The summed E-state index contributed by atoms with van der Waals surface area (Å²) in [5.41, 5.74) is 0.610. The Hall–Kier alpha value is 0.0600. The third-order valence-corrected chi connectivity index (χ3v) is 4.81. The first-order valence-electron chi connectivity index (χ1n) is 6.30. The van der Waals surface area contributed by atoms with Crippen LogP contribution in [0, 0.1) is 13.8 Å². The van der Waals surface area contributed by atoms with E-state index in [9.17, 15) is 25.9 Å². The first kappa shape index (κ1) is 25.1. The fourth-order valence-corrected chi connectivity index (χ4v) is 3.36. The van der Waals surface area contributed by atoms with Crippen molar-refractivity contribution in [3.05, 3.63) is 47.5 Å². The van der Waals surface area contributed by atoms with Gasteiger partial charge in [-0.15, -0.1) is 0 Å². The average Bonchev–Trinajstić information content (AvgIpc) is 2.40. The van der Waals surface area contributed by atoms with Gasteiger partial charge in [0.2, 0.25) is 0 Å². The summed E-state index contributed by atoms with van der Waals surface area (Å²) < 4.78 is 73.5. The fraction of sp³-hybridized carbons (Fsp3) is 0.143. The minimum Gasteiger partial charge on any atom is -0.744 e. The Morgan fingerprint density at radius 3 is 1.32 bits per heavy atom. The minimum absolute atomic E-state index is 0. The molecule has 0 fully saturated rings. The second-order valence-corrected chi connectivity index (χ2v) is 7.51. The summed E-state index contributed by atoms with van der Waals surface area (Å²) in [5.74, 6) is -0.608. The van der Waals surface area contributed by atoms with Gasteiger partial charge in [-0.25, -0.2) is 16.8 Å². The van der Waals surface area contributed by atoms with E-state index in [4.69, 9.17) is 4.74 Å². The molecule has 2 aromatic rings. The molecular formula is C14H12Na2O7S2. The van der Waals surface area contributed by atoms with Gasteiger partial charge in [-0.3, -0.25) is 0 Å². The molecule has 0 heterocycles. The summed E-state index contributed by atoms with van der Waals surface area (Å²) in [5, 5.41) is 0. The normalized spacial score (nSPS) is 11.2. The maximum Gasteiger partial charge on any atom is 1.00 e. The monoisotopic (exact) mass is 402 g/mol. The first-order chi connectivity index (χ1) is 10.5. The zero-order valence-electron chi connectivity index (χ0n) is 14.1. The molecule has 25 heavy (non-hydrogen) atoms. The van der Waals surface area contributed by atoms with Crippen LogP contribution in [0.4, 0.5) is 0 Å². The zero-order valence-corrected chi connectivity index (χ0v) is 19.8. The number of hydrogen-bond donors (Lipinski definition) is 0. The van der Waals surface area contributed by atoms with Crippen molar-refractivity contribution in [2.45, 2.75) is 23.6 Å². The van der Waals surface area contributed by atoms with Gasteiger partial charge in [0.25, 0.3) is 0 Å². The summed E-state index contributed by atoms with van der Waals surface area (Å²) in [6, 6.07) is 7.80. The van der Waals surface area contributed by atoms with Crippen molar-refractivity contribution in [2.75, 3.05) is 0 Å². The van der Waals surface area contributed by atoms with E-state index in [1.165, 1.54) is 38.1 Å². The van der Waals surface area contributed by atoms with Crippen LogP contribution in [0.25, 0.3) is 0 Å². The predicted molar refractivity (Wildman–Crippen MR) is 78.4 cm³/mol. The summed E-state index contributed by atoms with van der Waals surface area (Å²) in [4.78, 5) is -1.26. The Balaban J connectivity index is 0.00000288. The van der Waals surface area contributed by atoms with Crippen LogP contribution in [0.15, 0.2) is 46.2 Å². The van der Waals surface area contributed by atoms with Gasteiger partial charge in [0.1, 0.15) is 31.7 Å². The molecule has 7 nitrogen and oxygen atoms in total. The van der Waals surface area contributed by atoms with Gasteiger partial charge in [-0.2, -0.15) is 0 Å². The molecule has 11 heteroatoms. The van der Waals surface area contributed by atoms with E-state index in [2.05, 4.69) is 0 Å². The SMILES string of the molecule is Cc1cccc(S(=O)(=O)[O-])c1Oc1c(C)cccc1S(=O)(=O)[O-].[Na+].[Na+]. The van der Waals surface area contributed by atoms with Gasteiger partial charge in [0.05, 0.1) is 9.79 Å². The molecule has 0 radical (unpaired) electrons. The van der Waals surface area contributed by atoms with Crippen LogP contribution in [0.2, 0.25) is 0 Å². The Bertz CT molecular complexity index is 891. The molecule has 0 aliphatic rings. The fourth-order valence-electron chi connectivity index (χ4n) is 2.01. The van der Waals surface area contributed by atoms with Crippen molar-refractivity contribution < 1.29 is 89.8 Å². The van der Waals surface area contributed by atoms with E-state index in [1.807, 2.05) is 0 Å². The second kappa shape index (κ2) is 9.32. The number of para-hydroxylation sites is 2. The van der Waals surface area contributed by atoms with Crippen LogP contribution in [-0.2, 0) is 20.2 Å². The molecule has 0 unspecified atom stereocenters. The zero-order chi connectivity index (χ0) is 17.4. The van der Waals surface area contributed by atoms with Crippen molar-refractivity contribution in [3.63, 3.8) is 0 Å². The smallest absolute Gasteiger partial charge is 0.744 e. The number of rotatable bonds is 4. The molecular weight excluding hydrogens is 390 g/mol. The van der Waals surface area contributed by atoms with Crippen molar-refractivity contribution in [1.29, 1.82) is 0 Å². The quantitative estimate of drug-likeness (QED) is 0.376. The Morgan fingerprint density at radius 1 is 0.720 bits per heavy atom. The molecule has 2 aromatic carbocycles. The van der Waals surface area contributed by atoms with E-state index in [0.29, 0.717) is 11.1 Å². The van der Waals surface area contributed by atoms with Crippen LogP contribution >= 0.6 is 0 Å². The average molecular weight is 402 g/mol. The summed E-state index contributed by atoms with van der Waals surface area (Å²) in [6.45, 7) is 2.99. The second-order valence-electron chi connectivity index (χ2n) is 4.81. The van der Waals surface area contributed by atoms with Gasteiger partial charge < -0.3 is 13.8 Å². The Kier molecular flexibility index (Phi) is 9.34. The van der Waals surface area contributed by atoms with Gasteiger partial charge in [0.15, 0.2) is 0 Å². The third-order valence-electron chi connectivity index (χ3n) is 3.09. The van der Waals surface area contributed by atoms with Crippen LogP contribution in [0.5, 0.6) is 11.5 Å². The largest absolute Gasteiger partial charge is 1.00 e. The maximum atomic E-state index is 11.3. The van der Waals surface area contributed by atoms with E-state index in [-0.39, 0.29) is 70.6 Å². The maximum absolute atomic E-state index is 11.3. The van der Waals surface area contributed by atoms with Crippen molar-refractivity contribution in [3.8, 4) is 11.5 Å². The number of hydrogen-bond acceptors (Lipinski definition) is 7. The van der Waals surface area contributed by atoms with Gasteiger partial charge in [-0.05, 0) is 37.1 Å². The predicted octanol–water partition coefficient (Wildman–Crippen LogP) is -4.09. The molecule has 2 rings (SSSR count). The van der Waals surface area contributed by atoms with Gasteiger partial charge >= 0.3 is 59.1 Å². The van der Waals surface area contributed by atoms with Crippen LogP contribution < -0.4 is 63.9 Å². The van der Waals surface area contributed by atoms with E-state index in [0.717, 1.165) is 12.1 Å². The molecule has 0 aliphatic carbocycles. The molecule has 0 spiro atoms. The van der Waals surface area contributed by atoms with Gasteiger partial charge in [-0.1, -0.05) is 24.3 Å². The van der Waals surface area contributed by atoms with Crippen molar-refractivity contribution in [1.82, 2.24) is 0 Å². The molecule has 0 bridgehead atoms. The number of ether oxygens (including phenoxy) is 1. The summed E-state index contributed by atoms with van der Waals surface area (Å²) >= 11 is 0. The molecule has 0 saturated carbocycles. The minimum atomic E-state index is -4.84. The van der Waals surface area contributed by atoms with E-state index in [1.54, 1.807) is 0 Å². The first-order valence-corrected chi connectivity index (χ1v) is 9.12. The molecule has 0 aromatic heterocycles. The molecule has 124 valence electrons.